The highest BCUT2D eigenvalue weighted by molar-refractivity contribution is 7.86. The van der Waals surface area contributed by atoms with Crippen LogP contribution >= 0.6 is 0 Å². The van der Waals surface area contributed by atoms with E-state index < -0.39 is 52.2 Å². The highest BCUT2D eigenvalue weighted by Gasteiger charge is 2.21. The number of aromatic nitrogens is 1. The minimum absolute atomic E-state index is 0.0402. The minimum Gasteiger partial charge on any atom is -0.481 e. The summed E-state index contributed by atoms with van der Waals surface area (Å²) in [6.07, 6.45) is 17.2. The number of hydrogen-bond acceptors (Lipinski definition) is 13. The van der Waals surface area contributed by atoms with Gasteiger partial charge in [0, 0.05) is 105 Å². The Morgan fingerprint density at radius 2 is 1.14 bits per heavy atom. The van der Waals surface area contributed by atoms with Gasteiger partial charge in [-0.2, -0.15) is 38.2 Å². The molecule has 0 fully saturated rings. The lowest BCUT2D eigenvalue weighted by molar-refractivity contribution is -0.684. The van der Waals surface area contributed by atoms with Crippen LogP contribution in [0.25, 0.3) is 0 Å². The molecule has 6 N–H and O–H groups in total. The molecule has 85 heavy (non-hydrogen) atoms. The molecule has 4 aromatic rings. The molecular weight excluding hydrogens is 1170 g/mol. The zero-order valence-electron chi connectivity index (χ0n) is 49.6. The zero-order chi connectivity index (χ0) is 63.3. The number of unbranched alkanes of at least 4 members (excludes halogenated alkanes) is 4. The van der Waals surface area contributed by atoms with E-state index >= 15 is 0 Å². The molecule has 464 valence electrons. The van der Waals surface area contributed by atoms with Gasteiger partial charge in [-0.05, 0) is 162 Å². The van der Waals surface area contributed by atoms with Gasteiger partial charge in [0.25, 0.3) is 40.5 Å². The summed E-state index contributed by atoms with van der Waals surface area (Å²) in [5.41, 5.74) is 8.97. The number of carbonyl (C=O) groups excluding carboxylic acids is 1. The second kappa shape index (κ2) is 32.7. The summed E-state index contributed by atoms with van der Waals surface area (Å²) in [5, 5.41) is 12.1. The normalized spacial score (nSPS) is 13.4. The molecule has 4 rings (SSSR count). The second-order valence-corrected chi connectivity index (χ2v) is 26.9. The van der Waals surface area contributed by atoms with Crippen molar-refractivity contribution >= 4 is 86.7 Å². The van der Waals surface area contributed by atoms with Gasteiger partial charge in [-0.25, -0.2) is 4.57 Å². The topological polar surface area (TPSA) is 310 Å². The van der Waals surface area contributed by atoms with Crippen LogP contribution in [0, 0.1) is 27.7 Å². The molecule has 0 saturated carbocycles. The molecule has 0 saturated heterocycles. The summed E-state index contributed by atoms with van der Waals surface area (Å²) in [6.45, 7) is 16.6. The van der Waals surface area contributed by atoms with Crippen LogP contribution in [0.15, 0.2) is 136 Å². The molecule has 1 heterocycles. The van der Waals surface area contributed by atoms with Gasteiger partial charge in [0.2, 0.25) is 11.6 Å². The van der Waals surface area contributed by atoms with Gasteiger partial charge >= 0.3 is 11.8 Å². The van der Waals surface area contributed by atoms with Crippen molar-refractivity contribution in [1.29, 1.82) is 0 Å². The lowest BCUT2D eigenvalue weighted by Crippen LogP contribution is -2.35. The summed E-state index contributed by atoms with van der Waals surface area (Å²) < 4.78 is 136. The van der Waals surface area contributed by atoms with Crippen LogP contribution < -0.4 is 19.7 Å². The summed E-state index contributed by atoms with van der Waals surface area (Å²) >= 11 is 0. The molecule has 0 unspecified atom stereocenters. The number of nitrogens with zero attached hydrogens (tertiary/aromatic N) is 5. The van der Waals surface area contributed by atoms with E-state index in [9.17, 15) is 61.5 Å². The van der Waals surface area contributed by atoms with Crippen molar-refractivity contribution < 1.29 is 75.7 Å². The van der Waals surface area contributed by atoms with Crippen LogP contribution in [0.4, 0.5) is 22.9 Å². The minimum atomic E-state index is -4.44. The number of carboxylic acids is 1. The number of rotatable bonds is 34. The van der Waals surface area contributed by atoms with Crippen molar-refractivity contribution in [3.63, 3.8) is 0 Å². The van der Waals surface area contributed by atoms with Crippen molar-refractivity contribution in [2.24, 2.45) is 4.99 Å². The maximum Gasteiger partial charge on any atom is 0.326 e. The van der Waals surface area contributed by atoms with Gasteiger partial charge < -0.3 is 20.2 Å². The van der Waals surface area contributed by atoms with Crippen LogP contribution in [0.3, 0.4) is 0 Å². The van der Waals surface area contributed by atoms with Crippen LogP contribution in [0.1, 0.15) is 120 Å². The highest BCUT2D eigenvalue weighted by atomic mass is 32.2. The third-order valence-electron chi connectivity index (χ3n) is 13.8. The van der Waals surface area contributed by atoms with E-state index in [-0.39, 0.29) is 60.2 Å². The smallest absolute Gasteiger partial charge is 0.326 e. The number of hydrogen-bond donors (Lipinski definition) is 6. The average molecular weight is 1260 g/mol. The van der Waals surface area contributed by atoms with Crippen molar-refractivity contribution in [2.75, 3.05) is 40.9 Å². The maximum atomic E-state index is 13.2. The monoisotopic (exact) mass is 1250 g/mol. The fourth-order valence-corrected chi connectivity index (χ4v) is 11.6. The Kier molecular flexibility index (Phi) is 27.2. The van der Waals surface area contributed by atoms with Gasteiger partial charge in [0.1, 0.15) is 12.3 Å². The largest absolute Gasteiger partial charge is 0.481 e. The Labute approximate surface area is 501 Å². The lowest BCUT2D eigenvalue weighted by Gasteiger charge is -2.27. The molecule has 0 atom stereocenters. The first-order chi connectivity index (χ1) is 39.7. The van der Waals surface area contributed by atoms with E-state index in [1.54, 1.807) is 32.2 Å². The van der Waals surface area contributed by atoms with E-state index in [0.29, 0.717) is 86.5 Å². The number of amides is 1. The van der Waals surface area contributed by atoms with E-state index in [4.69, 9.17) is 10.1 Å². The summed E-state index contributed by atoms with van der Waals surface area (Å²) in [5.74, 6) is -1.21. The van der Waals surface area contributed by atoms with E-state index in [1.807, 2.05) is 127 Å². The van der Waals surface area contributed by atoms with Crippen LogP contribution in [-0.2, 0) is 63.2 Å². The first-order valence-electron chi connectivity index (χ1n) is 27.8. The SMILES string of the molecule is C\C(=C/C=C/C(C)=[N+](\CCCS(=O)(=O)O)c1ccc(CNC(=O)CCCCCN(/C(C)=C/C=C/C(C)=N/c2c(C)ccc[n+]2CCCS(=O)(=O)O)c2ccc(S(=O)(=O)O)cc2C)cc1C)N(CCCCCC(=O)O)c1ccc(S(=O)(=O)O)cc1C. The Balaban J connectivity index is 1.46. The number of carbonyl (C=O) groups is 2. The third-order valence-corrected chi connectivity index (χ3v) is 17.2. The molecule has 0 spiro atoms. The first kappa shape index (κ1) is 70.8. The summed E-state index contributed by atoms with van der Waals surface area (Å²) in [6, 6.07) is 18.2. The number of carboxylic acid groups (broad SMARTS) is 1. The maximum absolute atomic E-state index is 13.2. The fraction of sp³-hybridized carbons (Fsp3) is 0.417. The molecule has 0 aliphatic carbocycles. The van der Waals surface area contributed by atoms with E-state index in [0.717, 1.165) is 45.2 Å². The van der Waals surface area contributed by atoms with Crippen molar-refractivity contribution in [2.45, 2.75) is 142 Å². The molecule has 1 aromatic heterocycles. The van der Waals surface area contributed by atoms with Gasteiger partial charge in [-0.15, -0.1) is 0 Å². The number of nitrogens with one attached hydrogen (secondary N) is 1. The summed E-state index contributed by atoms with van der Waals surface area (Å²) in [4.78, 5) is 32.6. The molecule has 0 aliphatic rings. The van der Waals surface area contributed by atoms with Crippen molar-refractivity contribution in [3.05, 3.63) is 149 Å². The Morgan fingerprint density at radius 3 is 1.65 bits per heavy atom. The number of allylic oxidation sites excluding steroid dienone is 8. The number of benzene rings is 3. The number of aryl methyl sites for hydroxylation is 5. The molecule has 21 nitrogen and oxygen atoms in total. The molecule has 1 amide bonds. The molecule has 0 aliphatic heterocycles. The van der Waals surface area contributed by atoms with Gasteiger partial charge in [-0.3, -0.25) is 27.8 Å². The average Bonchev–Trinajstić information content (AvgIpc) is 2.77. The first-order valence-corrected chi connectivity index (χ1v) is 33.9. The van der Waals surface area contributed by atoms with Crippen LogP contribution in [0.2, 0.25) is 0 Å². The van der Waals surface area contributed by atoms with Gasteiger partial charge in [0.15, 0.2) is 5.71 Å². The quantitative estimate of drug-likeness (QED) is 0.00833. The van der Waals surface area contributed by atoms with E-state index in [1.165, 1.54) is 24.3 Å². The number of pyridine rings is 1. The lowest BCUT2D eigenvalue weighted by atomic mass is 10.1. The second-order valence-electron chi connectivity index (χ2n) is 20.9. The Morgan fingerprint density at radius 1 is 0.612 bits per heavy atom. The molecule has 3 aromatic carbocycles. The number of anilines is 2. The molecule has 25 heteroatoms. The molecule has 0 radical (unpaired) electrons. The fourth-order valence-electron chi connectivity index (χ4n) is 9.46. The number of aliphatic carboxylic acids is 1. The zero-order valence-corrected chi connectivity index (χ0v) is 52.9. The Bertz CT molecular complexity index is 3690. The predicted octanol–water partition coefficient (Wildman–Crippen LogP) is 9.91. The standard InChI is InChI=1S/C60H80N6O15S4/c1-44-20-17-33-63(34-18-38-82(70,71)72)60(44)62-48(5)21-15-22-49(6)64(56-31-28-53(41-46(56)3)84(76,77)78)35-13-9-11-25-58(67)61-43-52-27-30-55(45(2)40-52)66(37-19-39-83(73,74)75)51(8)24-16-23-50(7)65(36-14-10-12-26-59(68)69)57-32-29-54(42-47(57)4)85(79,80)81/h15-17,20-24,27-33,40-42H,9-14,18-19,25-26,34-39,43H2,1-8H3,(H4-2,61,67,68,69,70,71,72,73,74,75,76,77,78,79,80,81)/p+2. The Hall–Kier alpha value is -6.71. The third kappa shape index (κ3) is 24.7. The predicted molar refractivity (Wildman–Crippen MR) is 332 cm³/mol. The molecular formula is C60H82N6O15S4+2. The van der Waals surface area contributed by atoms with Crippen molar-refractivity contribution in [1.82, 2.24) is 5.32 Å². The summed E-state index contributed by atoms with van der Waals surface area (Å²) in [7, 11) is -17.2. The van der Waals surface area contributed by atoms with Crippen molar-refractivity contribution in [3.8, 4) is 0 Å². The molecule has 0 bridgehead atoms. The van der Waals surface area contributed by atoms with Gasteiger partial charge in [-0.1, -0.05) is 31.1 Å². The van der Waals surface area contributed by atoms with Crippen LogP contribution in [0.5, 0.6) is 0 Å². The highest BCUT2D eigenvalue weighted by Crippen LogP contribution is 2.30. The number of aliphatic imine (C=N–C) groups is 1. The van der Waals surface area contributed by atoms with E-state index in [2.05, 4.69) is 5.32 Å². The van der Waals surface area contributed by atoms with Gasteiger partial charge in [0.05, 0.1) is 34.0 Å². The van der Waals surface area contributed by atoms with Crippen LogP contribution in [-0.4, -0.2) is 116 Å².